The maximum absolute atomic E-state index is 2.53. The van der Waals surface area contributed by atoms with Crippen molar-refractivity contribution >= 4 is 0 Å². The molecule has 3 aromatic rings. The molecular weight excluding hydrogens is 348 g/mol. The largest absolute Gasteiger partial charge is 0.0805 e. The zero-order valence-corrected chi connectivity index (χ0v) is 17.7. The summed E-state index contributed by atoms with van der Waals surface area (Å²) in [5.74, 6) is 1.47. The molecule has 2 aliphatic carbocycles. The second-order valence-electron chi connectivity index (χ2n) is 7.89. The molecule has 0 heterocycles. The van der Waals surface area contributed by atoms with E-state index in [0.717, 1.165) is 5.92 Å². The molecule has 0 nitrogen and oxygen atoms in total. The lowest BCUT2D eigenvalue weighted by Crippen LogP contribution is -2.32. The first kappa shape index (κ1) is 19.5. The number of benzene rings is 3. The van der Waals surface area contributed by atoms with Gasteiger partial charge in [0.05, 0.1) is 5.41 Å². The number of hydrogen-bond acceptors (Lipinski definition) is 0. The van der Waals surface area contributed by atoms with Gasteiger partial charge >= 0.3 is 0 Å². The van der Waals surface area contributed by atoms with Gasteiger partial charge in [-0.2, -0.15) is 0 Å². The van der Waals surface area contributed by atoms with Crippen molar-refractivity contribution in [3.8, 4) is 0 Å². The predicted molar refractivity (Wildman–Crippen MR) is 124 cm³/mol. The van der Waals surface area contributed by atoms with Crippen LogP contribution >= 0.6 is 0 Å². The lowest BCUT2D eigenvalue weighted by molar-refractivity contribution is 0.726. The average Bonchev–Trinajstić information content (AvgIpc) is 3.58. The van der Waals surface area contributed by atoms with Gasteiger partial charge in [0.15, 0.2) is 0 Å². The molecule has 2 aliphatic rings. The van der Waals surface area contributed by atoms with E-state index in [1.54, 1.807) is 0 Å². The molecule has 0 heteroatoms. The first-order chi connectivity index (χ1) is 14.3. The Balaban J connectivity index is 0.000000994. The molecule has 0 bridgehead atoms. The molecule has 0 amide bonds. The van der Waals surface area contributed by atoms with Crippen molar-refractivity contribution in [2.75, 3.05) is 0 Å². The highest BCUT2D eigenvalue weighted by molar-refractivity contribution is 5.62. The number of allylic oxidation sites excluding steroid dienone is 4. The minimum Gasteiger partial charge on any atom is -0.0805 e. The van der Waals surface area contributed by atoms with Gasteiger partial charge in [0.25, 0.3) is 0 Å². The standard InChI is InChI=1S/C27H24.C2H6/c1-20-12-15-25(16-13-20)27(23-8-4-2-5-9-23,24-10-6-3-7-11-24)26-17-14-21-18-22(21)19-26;1-2/h2-17,19,21-22H,18H2,1H3;1-2H3. The van der Waals surface area contributed by atoms with Crippen LogP contribution < -0.4 is 0 Å². The monoisotopic (exact) mass is 378 g/mol. The van der Waals surface area contributed by atoms with Crippen LogP contribution in [-0.4, -0.2) is 0 Å². The van der Waals surface area contributed by atoms with Gasteiger partial charge < -0.3 is 0 Å². The van der Waals surface area contributed by atoms with E-state index in [4.69, 9.17) is 0 Å². The van der Waals surface area contributed by atoms with E-state index in [1.807, 2.05) is 13.8 Å². The predicted octanol–water partition coefficient (Wildman–Crippen LogP) is 7.49. The van der Waals surface area contributed by atoms with Crippen LogP contribution in [0.4, 0.5) is 0 Å². The van der Waals surface area contributed by atoms with E-state index < -0.39 is 0 Å². The lowest BCUT2D eigenvalue weighted by Gasteiger charge is -2.38. The number of fused-ring (bicyclic) bond motifs is 1. The van der Waals surface area contributed by atoms with E-state index in [2.05, 4.69) is 110 Å². The van der Waals surface area contributed by atoms with Crippen LogP contribution in [0.2, 0.25) is 0 Å². The summed E-state index contributed by atoms with van der Waals surface area (Å²) in [5, 5.41) is 0. The minimum absolute atomic E-state index is 0.278. The summed E-state index contributed by atoms with van der Waals surface area (Å²) in [7, 11) is 0. The van der Waals surface area contributed by atoms with Gasteiger partial charge in [0.2, 0.25) is 0 Å². The molecule has 1 saturated carbocycles. The van der Waals surface area contributed by atoms with Crippen molar-refractivity contribution in [2.24, 2.45) is 11.8 Å². The molecule has 5 rings (SSSR count). The second-order valence-corrected chi connectivity index (χ2v) is 7.89. The van der Waals surface area contributed by atoms with E-state index >= 15 is 0 Å². The first-order valence-corrected chi connectivity index (χ1v) is 10.9. The van der Waals surface area contributed by atoms with Crippen LogP contribution in [0.25, 0.3) is 0 Å². The number of rotatable bonds is 4. The van der Waals surface area contributed by atoms with E-state index in [1.165, 1.54) is 34.2 Å². The third kappa shape index (κ3) is 3.49. The summed E-state index contributed by atoms with van der Waals surface area (Å²) in [6, 6.07) is 31.1. The minimum atomic E-state index is -0.278. The van der Waals surface area contributed by atoms with Crippen molar-refractivity contribution < 1.29 is 0 Å². The van der Waals surface area contributed by atoms with Crippen molar-refractivity contribution in [3.63, 3.8) is 0 Å². The summed E-state index contributed by atoms with van der Waals surface area (Å²) < 4.78 is 0. The van der Waals surface area contributed by atoms with Crippen LogP contribution in [0.1, 0.15) is 42.5 Å². The van der Waals surface area contributed by atoms with Gasteiger partial charge in [-0.05, 0) is 47.4 Å². The maximum atomic E-state index is 2.53. The molecule has 2 unspecified atom stereocenters. The zero-order chi connectivity index (χ0) is 20.3. The number of hydrogen-bond donors (Lipinski definition) is 0. The zero-order valence-electron chi connectivity index (χ0n) is 17.7. The van der Waals surface area contributed by atoms with Crippen LogP contribution in [0, 0.1) is 18.8 Å². The molecule has 0 aromatic heterocycles. The summed E-state index contributed by atoms with van der Waals surface area (Å²) in [4.78, 5) is 0. The quantitative estimate of drug-likeness (QED) is 0.413. The summed E-state index contributed by atoms with van der Waals surface area (Å²) in [6.45, 7) is 6.16. The van der Waals surface area contributed by atoms with Crippen LogP contribution in [-0.2, 0) is 5.41 Å². The SMILES string of the molecule is CC.Cc1ccc(C(C2=CC3CC3C=C2)(c2ccccc2)c2ccccc2)cc1. The van der Waals surface area contributed by atoms with Crippen LogP contribution in [0.15, 0.2) is 109 Å². The summed E-state index contributed by atoms with van der Waals surface area (Å²) in [6.07, 6.45) is 8.64. The molecule has 0 radical (unpaired) electrons. The average molecular weight is 379 g/mol. The van der Waals surface area contributed by atoms with Gasteiger partial charge in [-0.25, -0.2) is 0 Å². The van der Waals surface area contributed by atoms with Crippen molar-refractivity contribution in [3.05, 3.63) is 131 Å². The normalized spacial score (nSPS) is 19.5. The Morgan fingerprint density at radius 2 is 1.17 bits per heavy atom. The van der Waals surface area contributed by atoms with Gasteiger partial charge in [-0.3, -0.25) is 0 Å². The van der Waals surface area contributed by atoms with Gasteiger partial charge in [-0.15, -0.1) is 0 Å². The van der Waals surface area contributed by atoms with Crippen LogP contribution in [0.5, 0.6) is 0 Å². The fourth-order valence-electron chi connectivity index (χ4n) is 4.59. The molecule has 29 heavy (non-hydrogen) atoms. The second kappa shape index (κ2) is 8.25. The molecular formula is C29H30. The van der Waals surface area contributed by atoms with Gasteiger partial charge in [-0.1, -0.05) is 123 Å². The molecule has 0 N–H and O–H groups in total. The molecule has 146 valence electrons. The van der Waals surface area contributed by atoms with Gasteiger partial charge in [0, 0.05) is 0 Å². The Bertz CT molecular complexity index is 951. The van der Waals surface area contributed by atoms with E-state index in [9.17, 15) is 0 Å². The van der Waals surface area contributed by atoms with E-state index in [0.29, 0.717) is 5.92 Å². The van der Waals surface area contributed by atoms with E-state index in [-0.39, 0.29) is 5.41 Å². The van der Waals surface area contributed by atoms with Crippen molar-refractivity contribution in [1.29, 1.82) is 0 Å². The Labute approximate surface area is 175 Å². The Morgan fingerprint density at radius 1 is 0.655 bits per heavy atom. The molecule has 1 fully saturated rings. The summed E-state index contributed by atoms with van der Waals surface area (Å²) >= 11 is 0. The topological polar surface area (TPSA) is 0 Å². The third-order valence-corrected chi connectivity index (χ3v) is 6.14. The lowest BCUT2D eigenvalue weighted by atomic mass is 9.63. The smallest absolute Gasteiger partial charge is 0.0698 e. The highest BCUT2D eigenvalue weighted by Crippen LogP contribution is 2.52. The molecule has 0 spiro atoms. The maximum Gasteiger partial charge on any atom is 0.0698 e. The first-order valence-electron chi connectivity index (χ1n) is 10.9. The molecule has 2 atom stereocenters. The highest BCUT2D eigenvalue weighted by atomic mass is 14.5. The summed E-state index contributed by atoms with van der Waals surface area (Å²) in [5.41, 5.74) is 6.41. The fourth-order valence-corrected chi connectivity index (χ4v) is 4.59. The van der Waals surface area contributed by atoms with Crippen molar-refractivity contribution in [1.82, 2.24) is 0 Å². The number of aryl methyl sites for hydroxylation is 1. The Hall–Kier alpha value is -2.86. The molecule has 0 saturated heterocycles. The highest BCUT2D eigenvalue weighted by Gasteiger charge is 2.43. The third-order valence-electron chi connectivity index (χ3n) is 6.14. The van der Waals surface area contributed by atoms with Crippen LogP contribution in [0.3, 0.4) is 0 Å². The fraction of sp³-hybridized carbons (Fsp3) is 0.241. The van der Waals surface area contributed by atoms with Gasteiger partial charge in [0.1, 0.15) is 0 Å². The molecule has 0 aliphatic heterocycles. The Morgan fingerprint density at radius 3 is 1.69 bits per heavy atom. The Kier molecular flexibility index (Phi) is 5.53. The van der Waals surface area contributed by atoms with Crippen molar-refractivity contribution in [2.45, 2.75) is 32.6 Å². The molecule has 3 aromatic carbocycles.